The molecule has 2 amide bonds. The van der Waals surface area contributed by atoms with Crippen LogP contribution in [-0.2, 0) is 25.4 Å². The predicted octanol–water partition coefficient (Wildman–Crippen LogP) is 3.75. The first-order valence-electron chi connectivity index (χ1n) is 11.5. The van der Waals surface area contributed by atoms with Gasteiger partial charge in [-0.15, -0.1) is 11.3 Å². The summed E-state index contributed by atoms with van der Waals surface area (Å²) in [4.78, 5) is 32.0. The van der Waals surface area contributed by atoms with Gasteiger partial charge in [-0.2, -0.15) is 4.31 Å². The number of hydrogen-bond donors (Lipinski definition) is 1. The van der Waals surface area contributed by atoms with Gasteiger partial charge in [0.15, 0.2) is 5.13 Å². The molecule has 34 heavy (non-hydrogen) atoms. The van der Waals surface area contributed by atoms with Crippen molar-refractivity contribution in [3.8, 4) is 0 Å². The van der Waals surface area contributed by atoms with Crippen molar-refractivity contribution in [2.45, 2.75) is 50.3 Å². The normalized spacial score (nSPS) is 19.2. The Labute approximate surface area is 209 Å². The second kappa shape index (κ2) is 11.2. The Kier molecular flexibility index (Phi) is 8.23. The van der Waals surface area contributed by atoms with Gasteiger partial charge in [-0.3, -0.25) is 9.59 Å². The molecular formula is C23H29ClN4O4S2. The first kappa shape index (κ1) is 25.1. The van der Waals surface area contributed by atoms with Crippen molar-refractivity contribution >= 4 is 49.9 Å². The minimum Gasteiger partial charge on any atom is -0.328 e. The zero-order valence-electron chi connectivity index (χ0n) is 18.9. The van der Waals surface area contributed by atoms with Crippen LogP contribution < -0.4 is 5.32 Å². The number of benzene rings is 1. The van der Waals surface area contributed by atoms with Crippen LogP contribution >= 0.6 is 22.9 Å². The number of thiazole rings is 1. The summed E-state index contributed by atoms with van der Waals surface area (Å²) < 4.78 is 27.2. The lowest BCUT2D eigenvalue weighted by Crippen LogP contribution is -2.58. The highest BCUT2D eigenvalue weighted by Crippen LogP contribution is 2.30. The molecule has 1 saturated carbocycles. The van der Waals surface area contributed by atoms with Gasteiger partial charge >= 0.3 is 0 Å². The fourth-order valence-electron chi connectivity index (χ4n) is 4.75. The topological polar surface area (TPSA) is 99.7 Å². The molecule has 1 N–H and O–H groups in total. The Hall–Kier alpha value is -2.01. The van der Waals surface area contributed by atoms with E-state index in [9.17, 15) is 18.0 Å². The molecule has 1 aromatic heterocycles. The fourth-order valence-corrected chi connectivity index (χ4v) is 6.94. The summed E-state index contributed by atoms with van der Waals surface area (Å²) in [5, 5.41) is 5.57. The van der Waals surface area contributed by atoms with E-state index in [1.54, 1.807) is 40.7 Å². The van der Waals surface area contributed by atoms with Crippen LogP contribution in [0.15, 0.2) is 35.8 Å². The van der Waals surface area contributed by atoms with Gasteiger partial charge in [0.2, 0.25) is 21.8 Å². The lowest BCUT2D eigenvalue weighted by Gasteiger charge is -2.39. The third-order valence-electron chi connectivity index (χ3n) is 6.48. The van der Waals surface area contributed by atoms with E-state index in [0.29, 0.717) is 28.1 Å². The molecule has 184 valence electrons. The molecule has 1 aromatic carbocycles. The molecule has 0 unspecified atom stereocenters. The Morgan fingerprint density at radius 3 is 2.71 bits per heavy atom. The first-order chi connectivity index (χ1) is 16.3. The number of nitrogens with zero attached hydrogens (tertiary/aromatic N) is 3. The number of carbonyl (C=O) groups excluding carboxylic acids is 2. The average Bonchev–Trinajstić information content (AvgIpc) is 3.31. The minimum atomic E-state index is -3.71. The molecule has 4 rings (SSSR count). The maximum Gasteiger partial charge on any atom is 0.248 e. The van der Waals surface area contributed by atoms with Crippen LogP contribution in [0.1, 0.15) is 44.1 Å². The van der Waals surface area contributed by atoms with Crippen LogP contribution in [0.4, 0.5) is 5.13 Å². The lowest BCUT2D eigenvalue weighted by molar-refractivity contribution is -0.142. The quantitative estimate of drug-likeness (QED) is 0.567. The minimum absolute atomic E-state index is 0.153. The summed E-state index contributed by atoms with van der Waals surface area (Å²) in [6, 6.07) is 6.05. The van der Waals surface area contributed by atoms with Gasteiger partial charge in [0.05, 0.1) is 12.3 Å². The van der Waals surface area contributed by atoms with Crippen molar-refractivity contribution in [1.82, 2.24) is 14.2 Å². The van der Waals surface area contributed by atoms with E-state index in [1.807, 2.05) is 0 Å². The van der Waals surface area contributed by atoms with Crippen LogP contribution in [0.3, 0.4) is 0 Å². The molecule has 2 aliphatic rings. The second-order valence-corrected chi connectivity index (χ2v) is 12.2. The highest BCUT2D eigenvalue weighted by atomic mass is 35.5. The Morgan fingerprint density at radius 2 is 2.03 bits per heavy atom. The van der Waals surface area contributed by atoms with E-state index in [-0.39, 0.29) is 37.2 Å². The van der Waals surface area contributed by atoms with E-state index in [4.69, 9.17) is 11.6 Å². The molecule has 2 aromatic rings. The molecule has 1 atom stereocenters. The Balaban J connectivity index is 1.46. The van der Waals surface area contributed by atoms with Crippen LogP contribution in [-0.4, -0.2) is 60.1 Å². The number of piperazine rings is 1. The Morgan fingerprint density at radius 1 is 1.24 bits per heavy atom. The molecule has 0 spiro atoms. The molecular weight excluding hydrogens is 496 g/mol. The van der Waals surface area contributed by atoms with Gasteiger partial charge in [-0.1, -0.05) is 55.8 Å². The monoisotopic (exact) mass is 524 g/mol. The molecule has 2 fully saturated rings. The lowest BCUT2D eigenvalue weighted by atomic mass is 9.84. The highest BCUT2D eigenvalue weighted by molar-refractivity contribution is 7.88. The summed E-state index contributed by atoms with van der Waals surface area (Å²) in [5.41, 5.74) is 0.570. The molecule has 1 saturated heterocycles. The number of carbonyl (C=O) groups is 2. The van der Waals surface area contributed by atoms with Gasteiger partial charge in [-0.05, 0) is 30.0 Å². The zero-order valence-corrected chi connectivity index (χ0v) is 21.2. The number of halogens is 1. The van der Waals surface area contributed by atoms with Crippen LogP contribution in [0.5, 0.6) is 0 Å². The van der Waals surface area contributed by atoms with Gasteiger partial charge < -0.3 is 10.2 Å². The van der Waals surface area contributed by atoms with Crippen LogP contribution in [0, 0.1) is 5.92 Å². The molecule has 11 heteroatoms. The van der Waals surface area contributed by atoms with Crippen molar-refractivity contribution < 1.29 is 18.0 Å². The van der Waals surface area contributed by atoms with Crippen molar-refractivity contribution in [3.63, 3.8) is 0 Å². The molecule has 0 bridgehead atoms. The smallest absolute Gasteiger partial charge is 0.248 e. The van der Waals surface area contributed by atoms with Crippen molar-refractivity contribution in [3.05, 3.63) is 46.4 Å². The number of rotatable bonds is 8. The number of aromatic nitrogens is 1. The molecule has 2 heterocycles. The summed E-state index contributed by atoms with van der Waals surface area (Å²) in [5.74, 6) is -0.463. The number of anilines is 1. The molecule has 0 radical (unpaired) electrons. The summed E-state index contributed by atoms with van der Waals surface area (Å²) in [7, 11) is -3.71. The van der Waals surface area contributed by atoms with E-state index in [0.717, 1.165) is 25.7 Å². The molecule has 1 aliphatic heterocycles. The van der Waals surface area contributed by atoms with E-state index in [1.165, 1.54) is 22.1 Å². The maximum absolute atomic E-state index is 13.2. The predicted molar refractivity (Wildman–Crippen MR) is 133 cm³/mol. The molecule has 8 nitrogen and oxygen atoms in total. The average molecular weight is 525 g/mol. The van der Waals surface area contributed by atoms with E-state index in [2.05, 4.69) is 10.3 Å². The van der Waals surface area contributed by atoms with Crippen LogP contribution in [0.2, 0.25) is 5.02 Å². The van der Waals surface area contributed by atoms with E-state index >= 15 is 0 Å². The maximum atomic E-state index is 13.2. The van der Waals surface area contributed by atoms with Gasteiger partial charge in [0, 0.05) is 29.7 Å². The van der Waals surface area contributed by atoms with Gasteiger partial charge in [-0.25, -0.2) is 13.4 Å². The van der Waals surface area contributed by atoms with Crippen molar-refractivity contribution in [1.29, 1.82) is 0 Å². The fraction of sp³-hybridized carbons (Fsp3) is 0.522. The number of nitrogens with one attached hydrogen (secondary N) is 1. The third kappa shape index (κ3) is 6.35. The summed E-state index contributed by atoms with van der Waals surface area (Å²) >= 11 is 7.31. The zero-order chi connectivity index (χ0) is 24.1. The van der Waals surface area contributed by atoms with Gasteiger partial charge in [0.1, 0.15) is 6.04 Å². The summed E-state index contributed by atoms with van der Waals surface area (Å²) in [6.07, 6.45) is 7.76. The van der Waals surface area contributed by atoms with E-state index < -0.39 is 16.1 Å². The van der Waals surface area contributed by atoms with Gasteiger partial charge in [0.25, 0.3) is 0 Å². The van der Waals surface area contributed by atoms with Crippen LogP contribution in [0.25, 0.3) is 0 Å². The number of hydrogen-bond acceptors (Lipinski definition) is 6. The summed E-state index contributed by atoms with van der Waals surface area (Å²) in [6.45, 7) is 0.0607. The third-order valence-corrected chi connectivity index (χ3v) is 9.20. The molecule has 1 aliphatic carbocycles. The number of amides is 2. The Bertz CT molecular complexity index is 1100. The standard InChI is InChI=1S/C23H29ClN4O4S2/c24-19-8-4-7-18(13-19)16-34(31,32)27-10-11-28(21(29)15-27)20(14-17-5-2-1-3-6-17)22(30)26-23-25-9-12-33-23/h4,7-9,12-13,17,20H,1-3,5-6,10-11,14-16H2,(H,25,26,30)/t20-/m0/s1. The SMILES string of the molecule is O=C(Nc1nccs1)[C@H](CC1CCCCC1)N1CCN(S(=O)(=O)Cc2cccc(Cl)c2)CC1=O. The van der Waals surface area contributed by atoms with Crippen molar-refractivity contribution in [2.75, 3.05) is 25.0 Å². The largest absolute Gasteiger partial charge is 0.328 e. The van der Waals surface area contributed by atoms with Crippen molar-refractivity contribution in [2.24, 2.45) is 5.92 Å². The first-order valence-corrected chi connectivity index (χ1v) is 14.4. The number of sulfonamides is 1. The second-order valence-electron chi connectivity index (χ2n) is 8.89. The highest BCUT2D eigenvalue weighted by Gasteiger charge is 2.38.